The minimum absolute atomic E-state index is 0.131. The highest BCUT2D eigenvalue weighted by Crippen LogP contribution is 2.21. The molecule has 1 fully saturated rings. The Kier molecular flexibility index (Phi) is 4.05. The maximum absolute atomic E-state index is 11.4. The van der Waals surface area contributed by atoms with E-state index in [9.17, 15) is 8.42 Å². The van der Waals surface area contributed by atoms with Gasteiger partial charge in [-0.15, -0.1) is 0 Å². The number of anilines is 1. The molecule has 1 atom stereocenters. The molecule has 104 valence electrons. The first kappa shape index (κ1) is 14.2. The maximum Gasteiger partial charge on any atom is 0.150 e. The Balaban J connectivity index is 2.08. The summed E-state index contributed by atoms with van der Waals surface area (Å²) in [4.78, 5) is 4.53. The van der Waals surface area contributed by atoms with E-state index in [1.165, 1.54) is 0 Å². The van der Waals surface area contributed by atoms with E-state index in [1.807, 2.05) is 13.0 Å². The lowest BCUT2D eigenvalue weighted by Gasteiger charge is -2.14. The molecule has 0 amide bonds. The minimum atomic E-state index is -2.85. The van der Waals surface area contributed by atoms with Crippen LogP contribution in [0.2, 0.25) is 0 Å². The van der Waals surface area contributed by atoms with Gasteiger partial charge >= 0.3 is 0 Å². The van der Waals surface area contributed by atoms with Crippen LogP contribution in [0.15, 0.2) is 12.3 Å². The van der Waals surface area contributed by atoms with Gasteiger partial charge in [-0.2, -0.15) is 0 Å². The first-order valence-corrected chi connectivity index (χ1v) is 8.32. The SMILES string of the molecule is Cc1ccnc(NCC2CCS(=O)(=O)C2)c1C(N)=S. The molecular weight excluding hydrogens is 282 g/mol. The second-order valence-electron chi connectivity index (χ2n) is 4.87. The lowest BCUT2D eigenvalue weighted by molar-refractivity contribution is 0.595. The normalized spacial score (nSPS) is 21.2. The molecule has 0 aromatic carbocycles. The van der Waals surface area contributed by atoms with Crippen LogP contribution in [-0.4, -0.2) is 36.4 Å². The second-order valence-corrected chi connectivity index (χ2v) is 7.53. The molecule has 19 heavy (non-hydrogen) atoms. The van der Waals surface area contributed by atoms with Crippen LogP contribution in [0, 0.1) is 12.8 Å². The van der Waals surface area contributed by atoms with E-state index < -0.39 is 9.84 Å². The number of hydrogen-bond donors (Lipinski definition) is 2. The molecule has 0 spiro atoms. The van der Waals surface area contributed by atoms with Crippen molar-refractivity contribution in [1.82, 2.24) is 4.98 Å². The Morgan fingerprint density at radius 1 is 1.63 bits per heavy atom. The Hall–Kier alpha value is -1.21. The maximum atomic E-state index is 11.4. The van der Waals surface area contributed by atoms with E-state index in [-0.39, 0.29) is 17.4 Å². The van der Waals surface area contributed by atoms with E-state index >= 15 is 0 Å². The third kappa shape index (κ3) is 3.42. The second kappa shape index (κ2) is 5.42. The van der Waals surface area contributed by atoms with Gasteiger partial charge in [0.25, 0.3) is 0 Å². The standard InChI is InChI=1S/C12H17N3O2S2/c1-8-2-4-14-12(10(8)11(13)18)15-6-9-3-5-19(16,17)7-9/h2,4,9H,3,5-7H2,1H3,(H2,13,18)(H,14,15). The molecule has 3 N–H and O–H groups in total. The van der Waals surface area contributed by atoms with Crippen molar-refractivity contribution in [3.63, 3.8) is 0 Å². The molecule has 1 aliphatic rings. The summed E-state index contributed by atoms with van der Waals surface area (Å²) in [5, 5.41) is 3.17. The summed E-state index contributed by atoms with van der Waals surface area (Å²) in [6, 6.07) is 1.85. The van der Waals surface area contributed by atoms with Gasteiger partial charge in [0.2, 0.25) is 0 Å². The van der Waals surface area contributed by atoms with Crippen molar-refractivity contribution < 1.29 is 8.42 Å². The molecule has 1 aliphatic heterocycles. The van der Waals surface area contributed by atoms with Crippen molar-refractivity contribution >= 4 is 32.9 Å². The van der Waals surface area contributed by atoms with Gasteiger partial charge in [0.15, 0.2) is 9.84 Å². The highest BCUT2D eigenvalue weighted by Gasteiger charge is 2.27. The number of hydrogen-bond acceptors (Lipinski definition) is 5. The van der Waals surface area contributed by atoms with Crippen molar-refractivity contribution in [2.24, 2.45) is 11.7 Å². The average Bonchev–Trinajstić information content (AvgIpc) is 2.66. The zero-order chi connectivity index (χ0) is 14.0. The van der Waals surface area contributed by atoms with Crippen molar-refractivity contribution in [2.75, 3.05) is 23.4 Å². The summed E-state index contributed by atoms with van der Waals surface area (Å²) in [6.45, 7) is 2.49. The highest BCUT2D eigenvalue weighted by molar-refractivity contribution is 7.91. The van der Waals surface area contributed by atoms with Crippen LogP contribution in [0.5, 0.6) is 0 Å². The van der Waals surface area contributed by atoms with Crippen molar-refractivity contribution in [1.29, 1.82) is 0 Å². The fraction of sp³-hybridized carbons (Fsp3) is 0.500. The molecule has 5 nitrogen and oxygen atoms in total. The summed E-state index contributed by atoms with van der Waals surface area (Å²) in [7, 11) is -2.85. The molecule has 0 aliphatic carbocycles. The molecular formula is C12H17N3O2S2. The number of nitrogens with one attached hydrogen (secondary N) is 1. The number of nitrogens with two attached hydrogens (primary N) is 1. The largest absolute Gasteiger partial charge is 0.389 e. The van der Waals surface area contributed by atoms with Gasteiger partial charge in [-0.05, 0) is 30.9 Å². The van der Waals surface area contributed by atoms with Crippen LogP contribution in [0.25, 0.3) is 0 Å². The van der Waals surface area contributed by atoms with E-state index in [0.717, 1.165) is 11.1 Å². The number of nitrogens with zero attached hydrogens (tertiary/aromatic N) is 1. The van der Waals surface area contributed by atoms with Gasteiger partial charge in [-0.1, -0.05) is 12.2 Å². The van der Waals surface area contributed by atoms with Crippen LogP contribution < -0.4 is 11.1 Å². The first-order valence-electron chi connectivity index (χ1n) is 6.09. The van der Waals surface area contributed by atoms with E-state index in [2.05, 4.69) is 10.3 Å². The summed E-state index contributed by atoms with van der Waals surface area (Å²) in [6.07, 6.45) is 2.38. The van der Waals surface area contributed by atoms with Gasteiger partial charge in [-0.25, -0.2) is 13.4 Å². The third-order valence-electron chi connectivity index (χ3n) is 3.29. The average molecular weight is 299 g/mol. The van der Waals surface area contributed by atoms with Crippen molar-refractivity contribution in [2.45, 2.75) is 13.3 Å². The number of aryl methyl sites for hydroxylation is 1. The molecule has 2 heterocycles. The van der Waals surface area contributed by atoms with E-state index in [0.29, 0.717) is 23.8 Å². The summed E-state index contributed by atoms with van der Waals surface area (Å²) in [5.41, 5.74) is 7.39. The van der Waals surface area contributed by atoms with Crippen molar-refractivity contribution in [3.8, 4) is 0 Å². The fourth-order valence-corrected chi connectivity index (χ4v) is 4.40. The first-order chi connectivity index (χ1) is 8.89. The topological polar surface area (TPSA) is 85.1 Å². The smallest absolute Gasteiger partial charge is 0.150 e. The van der Waals surface area contributed by atoms with Gasteiger partial charge in [0.1, 0.15) is 10.8 Å². The number of aromatic nitrogens is 1. The third-order valence-corrected chi connectivity index (χ3v) is 5.33. The van der Waals surface area contributed by atoms with Gasteiger partial charge in [-0.3, -0.25) is 0 Å². The quantitative estimate of drug-likeness (QED) is 0.803. The predicted molar refractivity (Wildman–Crippen MR) is 80.1 cm³/mol. The van der Waals surface area contributed by atoms with E-state index in [1.54, 1.807) is 6.20 Å². The molecule has 0 radical (unpaired) electrons. The Morgan fingerprint density at radius 3 is 2.95 bits per heavy atom. The lowest BCUT2D eigenvalue weighted by Crippen LogP contribution is -2.20. The van der Waals surface area contributed by atoms with Crippen LogP contribution in [0.4, 0.5) is 5.82 Å². The molecule has 0 bridgehead atoms. The fourth-order valence-electron chi connectivity index (χ4n) is 2.28. The molecule has 1 saturated heterocycles. The summed E-state index contributed by atoms with van der Waals surface area (Å²) >= 11 is 5.02. The molecule has 7 heteroatoms. The minimum Gasteiger partial charge on any atom is -0.389 e. The van der Waals surface area contributed by atoms with Crippen LogP contribution in [0.1, 0.15) is 17.5 Å². The zero-order valence-electron chi connectivity index (χ0n) is 10.7. The van der Waals surface area contributed by atoms with E-state index in [4.69, 9.17) is 18.0 Å². The Labute approximate surface area is 118 Å². The molecule has 1 aromatic heterocycles. The molecule has 1 unspecified atom stereocenters. The monoisotopic (exact) mass is 299 g/mol. The van der Waals surface area contributed by atoms with Crippen LogP contribution in [0.3, 0.4) is 0 Å². The Morgan fingerprint density at radius 2 is 2.37 bits per heavy atom. The molecule has 2 rings (SSSR count). The molecule has 1 aromatic rings. The van der Waals surface area contributed by atoms with Gasteiger partial charge in [0, 0.05) is 12.7 Å². The lowest BCUT2D eigenvalue weighted by atomic mass is 10.1. The summed E-state index contributed by atoms with van der Waals surface area (Å²) < 4.78 is 22.8. The Bertz CT molecular complexity index is 599. The summed E-state index contributed by atoms with van der Waals surface area (Å²) in [5.74, 6) is 1.29. The van der Waals surface area contributed by atoms with Gasteiger partial charge in [0.05, 0.1) is 17.1 Å². The zero-order valence-corrected chi connectivity index (χ0v) is 12.4. The van der Waals surface area contributed by atoms with Crippen LogP contribution >= 0.6 is 12.2 Å². The number of pyridine rings is 1. The number of thiocarbonyl (C=S) groups is 1. The van der Waals surface area contributed by atoms with Crippen LogP contribution in [-0.2, 0) is 9.84 Å². The molecule has 0 saturated carbocycles. The van der Waals surface area contributed by atoms with Crippen molar-refractivity contribution in [3.05, 3.63) is 23.4 Å². The predicted octanol–water partition coefficient (Wildman–Crippen LogP) is 0.871. The highest BCUT2D eigenvalue weighted by atomic mass is 32.2. The van der Waals surface area contributed by atoms with Gasteiger partial charge < -0.3 is 11.1 Å². The number of rotatable bonds is 4. The number of sulfone groups is 1.